The molecule has 0 saturated carbocycles. The van der Waals surface area contributed by atoms with Crippen molar-refractivity contribution in [3.63, 3.8) is 0 Å². The molecule has 0 atom stereocenters. The molecule has 2 aromatic rings. The Kier molecular flexibility index (Phi) is 4.53. The van der Waals surface area contributed by atoms with Gasteiger partial charge in [-0.25, -0.2) is 0 Å². The molecule has 1 fully saturated rings. The molecule has 0 aliphatic carbocycles. The number of aryl methyl sites for hydroxylation is 1. The number of carbonyl (C=O) groups is 1. The Bertz CT molecular complexity index is 616. The first-order valence-electron chi connectivity index (χ1n) is 7.77. The van der Waals surface area contributed by atoms with E-state index in [1.165, 1.54) is 5.56 Å². The molecule has 1 aromatic heterocycles. The van der Waals surface area contributed by atoms with Crippen molar-refractivity contribution in [3.05, 3.63) is 53.4 Å². The molecule has 1 aliphatic rings. The normalized spacial score (nSPS) is 16.0. The molecular weight excluding hydrogens is 278 g/mol. The Hall–Kier alpha value is -2.14. The fourth-order valence-electron chi connectivity index (χ4n) is 2.69. The molecule has 0 unspecified atom stereocenters. The Balaban J connectivity index is 1.54. The van der Waals surface area contributed by atoms with E-state index >= 15 is 0 Å². The zero-order valence-corrected chi connectivity index (χ0v) is 12.9. The summed E-state index contributed by atoms with van der Waals surface area (Å²) in [7, 11) is 0. The quantitative estimate of drug-likeness (QED) is 0.868. The van der Waals surface area contributed by atoms with Crippen molar-refractivity contribution in [2.45, 2.75) is 19.9 Å². The van der Waals surface area contributed by atoms with Crippen LogP contribution in [0.25, 0.3) is 0 Å². The van der Waals surface area contributed by atoms with E-state index in [-0.39, 0.29) is 5.91 Å². The minimum atomic E-state index is -0.0252. The second-order valence-electron chi connectivity index (χ2n) is 5.59. The summed E-state index contributed by atoms with van der Waals surface area (Å²) in [5.41, 5.74) is 1.74. The molecule has 1 saturated heterocycles. The number of piperazine rings is 1. The van der Waals surface area contributed by atoms with Crippen molar-refractivity contribution in [2.75, 3.05) is 26.2 Å². The van der Waals surface area contributed by atoms with Crippen LogP contribution in [0.5, 0.6) is 0 Å². The standard InChI is InChI=1S/C17H21N3O2/c1-2-15-12-16(18-22-15)17(21)20-10-8-19(9-11-20)13-14-6-4-3-5-7-14/h3-7,12H,2,8-11,13H2,1H3. The number of carbonyl (C=O) groups excluding carboxylic acids is 1. The number of aromatic nitrogens is 1. The first-order valence-corrected chi connectivity index (χ1v) is 7.77. The smallest absolute Gasteiger partial charge is 0.276 e. The van der Waals surface area contributed by atoms with Gasteiger partial charge < -0.3 is 9.42 Å². The van der Waals surface area contributed by atoms with Crippen LogP contribution in [-0.4, -0.2) is 47.0 Å². The van der Waals surface area contributed by atoms with Gasteiger partial charge in [0, 0.05) is 45.2 Å². The third-order valence-corrected chi connectivity index (χ3v) is 4.04. The first kappa shape index (κ1) is 14.8. The molecule has 0 N–H and O–H groups in total. The number of hydrogen-bond acceptors (Lipinski definition) is 4. The highest BCUT2D eigenvalue weighted by Gasteiger charge is 2.24. The molecule has 1 aliphatic heterocycles. The molecule has 0 radical (unpaired) electrons. The average molecular weight is 299 g/mol. The molecule has 0 bridgehead atoms. The van der Waals surface area contributed by atoms with Crippen LogP contribution in [0, 0.1) is 0 Å². The largest absolute Gasteiger partial charge is 0.361 e. The second-order valence-corrected chi connectivity index (χ2v) is 5.59. The van der Waals surface area contributed by atoms with Crippen LogP contribution < -0.4 is 0 Å². The van der Waals surface area contributed by atoms with Crippen molar-refractivity contribution >= 4 is 5.91 Å². The highest BCUT2D eigenvalue weighted by atomic mass is 16.5. The van der Waals surface area contributed by atoms with Crippen LogP contribution in [0.1, 0.15) is 28.7 Å². The third-order valence-electron chi connectivity index (χ3n) is 4.04. The molecular formula is C17H21N3O2. The Labute approximate surface area is 130 Å². The van der Waals surface area contributed by atoms with Gasteiger partial charge in [0.25, 0.3) is 5.91 Å². The van der Waals surface area contributed by atoms with Gasteiger partial charge in [0.1, 0.15) is 5.76 Å². The monoisotopic (exact) mass is 299 g/mol. The van der Waals surface area contributed by atoms with Gasteiger partial charge >= 0.3 is 0 Å². The zero-order chi connectivity index (χ0) is 15.4. The van der Waals surface area contributed by atoms with Gasteiger partial charge in [0.15, 0.2) is 5.69 Å². The summed E-state index contributed by atoms with van der Waals surface area (Å²) in [5, 5.41) is 3.87. The first-order chi connectivity index (χ1) is 10.8. The summed E-state index contributed by atoms with van der Waals surface area (Å²) in [4.78, 5) is 16.6. The minimum absolute atomic E-state index is 0.0252. The van der Waals surface area contributed by atoms with Crippen LogP contribution in [0.3, 0.4) is 0 Å². The fraction of sp³-hybridized carbons (Fsp3) is 0.412. The maximum absolute atomic E-state index is 12.4. The van der Waals surface area contributed by atoms with Crippen molar-refractivity contribution in [1.82, 2.24) is 15.0 Å². The van der Waals surface area contributed by atoms with E-state index in [2.05, 4.69) is 34.3 Å². The van der Waals surface area contributed by atoms with Crippen LogP contribution in [0.2, 0.25) is 0 Å². The highest BCUT2D eigenvalue weighted by Crippen LogP contribution is 2.12. The highest BCUT2D eigenvalue weighted by molar-refractivity contribution is 5.92. The number of nitrogens with zero attached hydrogens (tertiary/aromatic N) is 3. The van der Waals surface area contributed by atoms with Crippen LogP contribution in [0.4, 0.5) is 0 Å². The second kappa shape index (κ2) is 6.75. The van der Waals surface area contributed by atoms with Gasteiger partial charge in [-0.15, -0.1) is 0 Å². The summed E-state index contributed by atoms with van der Waals surface area (Å²) in [6.07, 6.45) is 0.755. The van der Waals surface area contributed by atoms with Gasteiger partial charge in [-0.1, -0.05) is 42.4 Å². The number of amides is 1. The van der Waals surface area contributed by atoms with Crippen molar-refractivity contribution in [2.24, 2.45) is 0 Å². The summed E-state index contributed by atoms with van der Waals surface area (Å²) in [6.45, 7) is 6.17. The van der Waals surface area contributed by atoms with E-state index < -0.39 is 0 Å². The molecule has 2 heterocycles. The lowest BCUT2D eigenvalue weighted by atomic mass is 10.2. The van der Waals surface area contributed by atoms with Gasteiger partial charge in [0.2, 0.25) is 0 Å². The number of benzene rings is 1. The van der Waals surface area contributed by atoms with E-state index in [4.69, 9.17) is 4.52 Å². The van der Waals surface area contributed by atoms with E-state index in [9.17, 15) is 4.79 Å². The van der Waals surface area contributed by atoms with Gasteiger partial charge in [-0.3, -0.25) is 9.69 Å². The predicted octanol–water partition coefficient (Wildman–Crippen LogP) is 2.20. The van der Waals surface area contributed by atoms with Crippen LogP contribution >= 0.6 is 0 Å². The minimum Gasteiger partial charge on any atom is -0.361 e. The molecule has 5 nitrogen and oxygen atoms in total. The van der Waals surface area contributed by atoms with Crippen molar-refractivity contribution in [3.8, 4) is 0 Å². The lowest BCUT2D eigenvalue weighted by Gasteiger charge is -2.34. The summed E-state index contributed by atoms with van der Waals surface area (Å²) >= 11 is 0. The molecule has 1 aromatic carbocycles. The lowest BCUT2D eigenvalue weighted by Crippen LogP contribution is -2.48. The van der Waals surface area contributed by atoms with Crippen molar-refractivity contribution in [1.29, 1.82) is 0 Å². The fourth-order valence-corrected chi connectivity index (χ4v) is 2.69. The van der Waals surface area contributed by atoms with E-state index in [1.54, 1.807) is 6.07 Å². The summed E-state index contributed by atoms with van der Waals surface area (Å²) in [6, 6.07) is 12.2. The molecule has 22 heavy (non-hydrogen) atoms. The van der Waals surface area contributed by atoms with Gasteiger partial charge in [-0.2, -0.15) is 0 Å². The van der Waals surface area contributed by atoms with Crippen molar-refractivity contribution < 1.29 is 9.32 Å². The third kappa shape index (κ3) is 3.36. The van der Waals surface area contributed by atoms with Gasteiger partial charge in [-0.05, 0) is 5.56 Å². The zero-order valence-electron chi connectivity index (χ0n) is 12.9. The maximum atomic E-state index is 12.4. The lowest BCUT2D eigenvalue weighted by molar-refractivity contribution is 0.0618. The van der Waals surface area contributed by atoms with Crippen LogP contribution in [-0.2, 0) is 13.0 Å². The maximum Gasteiger partial charge on any atom is 0.276 e. The molecule has 1 amide bonds. The molecule has 5 heteroatoms. The number of rotatable bonds is 4. The number of hydrogen-bond donors (Lipinski definition) is 0. The Morgan fingerprint density at radius 3 is 2.55 bits per heavy atom. The van der Waals surface area contributed by atoms with Gasteiger partial charge in [0.05, 0.1) is 0 Å². The Morgan fingerprint density at radius 1 is 1.18 bits per heavy atom. The summed E-state index contributed by atoms with van der Waals surface area (Å²) < 4.78 is 5.12. The van der Waals surface area contributed by atoms with E-state index in [1.807, 2.05) is 17.9 Å². The molecule has 0 spiro atoms. The van der Waals surface area contributed by atoms with Crippen LogP contribution in [0.15, 0.2) is 40.9 Å². The average Bonchev–Trinajstić information content (AvgIpc) is 3.05. The van der Waals surface area contributed by atoms with E-state index in [0.717, 1.165) is 44.9 Å². The molecule has 116 valence electrons. The predicted molar refractivity (Wildman–Crippen MR) is 83.5 cm³/mol. The topological polar surface area (TPSA) is 49.6 Å². The summed E-state index contributed by atoms with van der Waals surface area (Å²) in [5.74, 6) is 0.730. The molecule has 3 rings (SSSR count). The van der Waals surface area contributed by atoms with E-state index in [0.29, 0.717) is 5.69 Å². The SMILES string of the molecule is CCc1cc(C(=O)N2CCN(Cc3ccccc3)CC2)no1. The Morgan fingerprint density at radius 2 is 1.91 bits per heavy atom.